The van der Waals surface area contributed by atoms with Crippen LogP contribution >= 0.6 is 0 Å². The second-order valence-electron chi connectivity index (χ2n) is 18.7. The highest BCUT2D eigenvalue weighted by atomic mass is 16.2. The van der Waals surface area contributed by atoms with Crippen LogP contribution < -0.4 is 26.2 Å². The number of imide groups is 2. The summed E-state index contributed by atoms with van der Waals surface area (Å²) >= 11 is 0. The topological polar surface area (TPSA) is 224 Å². The molecule has 70 heavy (non-hydrogen) atoms. The number of hydrogen-bond acceptors (Lipinski definition) is 13. The molecule has 10 rings (SSSR count). The predicted molar refractivity (Wildman–Crippen MR) is 258 cm³/mol. The number of carbonyl (C=O) groups excluding carboxylic acids is 7. The van der Waals surface area contributed by atoms with Crippen LogP contribution in [-0.2, 0) is 46.4 Å². The van der Waals surface area contributed by atoms with E-state index in [4.69, 9.17) is 0 Å². The Balaban J connectivity index is 0.640. The molecule has 19 nitrogen and oxygen atoms in total. The van der Waals surface area contributed by atoms with Gasteiger partial charge in [0, 0.05) is 87.3 Å². The number of amides is 7. The molecule has 5 aromatic rings. The molecule has 3 aromatic carbocycles. The molecular weight excluding hydrogens is 893 g/mol. The molecule has 5 aliphatic rings. The number of likely N-dealkylation sites (tertiary alicyclic amines) is 1. The Hall–Kier alpha value is -7.96. The molecule has 19 heteroatoms. The summed E-state index contributed by atoms with van der Waals surface area (Å²) in [6.45, 7) is 3.84. The molecule has 4 N–H and O–H groups in total. The predicted octanol–water partition coefficient (Wildman–Crippen LogP) is 3.62. The number of aromatic nitrogens is 4. The highest BCUT2D eigenvalue weighted by molar-refractivity contribution is 6.20. The average Bonchev–Trinajstić information content (AvgIpc) is 3.90. The van der Waals surface area contributed by atoms with Gasteiger partial charge in [-0.25, -0.2) is 15.0 Å². The Labute approximate surface area is 403 Å². The van der Waals surface area contributed by atoms with E-state index in [1.54, 1.807) is 30.9 Å². The first-order valence-corrected chi connectivity index (χ1v) is 24.0. The molecule has 1 saturated carbocycles. The van der Waals surface area contributed by atoms with E-state index in [-0.39, 0.29) is 60.7 Å². The molecule has 1 aliphatic carbocycles. The molecule has 0 radical (unpaired) electrons. The minimum absolute atomic E-state index is 0.00620. The van der Waals surface area contributed by atoms with E-state index in [2.05, 4.69) is 57.8 Å². The Morgan fingerprint density at radius 2 is 1.46 bits per heavy atom. The first kappa shape index (κ1) is 45.8. The number of carbonyl (C=O) groups is 7. The van der Waals surface area contributed by atoms with Crippen LogP contribution in [0.1, 0.15) is 62.1 Å². The van der Waals surface area contributed by atoms with Crippen molar-refractivity contribution in [2.45, 2.75) is 75.9 Å². The van der Waals surface area contributed by atoms with E-state index >= 15 is 0 Å². The van der Waals surface area contributed by atoms with Gasteiger partial charge < -0.3 is 35.2 Å². The molecule has 4 aliphatic heterocycles. The fourth-order valence-corrected chi connectivity index (χ4v) is 10.1. The molecule has 360 valence electrons. The van der Waals surface area contributed by atoms with Crippen molar-refractivity contribution in [3.8, 4) is 0 Å². The lowest BCUT2D eigenvalue weighted by molar-refractivity contribution is -0.149. The van der Waals surface area contributed by atoms with Gasteiger partial charge in [0.2, 0.25) is 29.5 Å². The fraction of sp³-hybridized carbons (Fsp3) is 0.373. The number of piperidine rings is 2. The lowest BCUT2D eigenvalue weighted by Crippen LogP contribution is -2.54. The first-order valence-electron chi connectivity index (χ1n) is 24.0. The van der Waals surface area contributed by atoms with E-state index in [1.807, 2.05) is 58.3 Å². The number of rotatable bonds is 14. The number of piperazine rings is 1. The molecule has 0 spiro atoms. The van der Waals surface area contributed by atoms with Gasteiger partial charge in [-0.05, 0) is 85.5 Å². The zero-order valence-electron chi connectivity index (χ0n) is 38.6. The van der Waals surface area contributed by atoms with Crippen LogP contribution in [0.3, 0.4) is 0 Å². The van der Waals surface area contributed by atoms with Crippen molar-refractivity contribution >= 4 is 75.4 Å². The Bertz CT molecular complexity index is 2860. The molecular formula is C51H54N12O7. The van der Waals surface area contributed by atoms with Gasteiger partial charge in [0.25, 0.3) is 11.8 Å². The third-order valence-corrected chi connectivity index (χ3v) is 14.0. The highest BCUT2D eigenvalue weighted by Gasteiger charge is 2.42. The Morgan fingerprint density at radius 3 is 2.21 bits per heavy atom. The SMILES string of the molecule is O=C1CCC(N2C(=O)C=C(Nc3cccc(CC(=O)N4CCC(CC(=O)N5CCN(c6ccc(Nc7ncnc8c7ncn8C7CC(NC(=O)Cc8ccccc8)C7)cc6)CC5)CC4)c3)C2=O)C(=O)N1. The van der Waals surface area contributed by atoms with Crippen molar-refractivity contribution in [1.82, 2.24) is 44.9 Å². The van der Waals surface area contributed by atoms with Gasteiger partial charge in [0.1, 0.15) is 18.1 Å². The minimum Gasteiger partial charge on any atom is -0.368 e. The maximum Gasteiger partial charge on any atom is 0.278 e. The van der Waals surface area contributed by atoms with Crippen molar-refractivity contribution in [2.75, 3.05) is 54.8 Å². The van der Waals surface area contributed by atoms with Crippen LogP contribution in [0.5, 0.6) is 0 Å². The molecule has 1 unspecified atom stereocenters. The quantitative estimate of drug-likeness (QED) is 0.117. The second kappa shape index (κ2) is 19.9. The normalized spacial score (nSPS) is 20.8. The number of nitrogens with one attached hydrogen (secondary N) is 4. The largest absolute Gasteiger partial charge is 0.368 e. The highest BCUT2D eigenvalue weighted by Crippen LogP contribution is 2.36. The second-order valence-corrected chi connectivity index (χ2v) is 18.7. The molecule has 3 saturated heterocycles. The molecule has 1 atom stereocenters. The molecule has 7 amide bonds. The third-order valence-electron chi connectivity index (χ3n) is 14.0. The van der Waals surface area contributed by atoms with Crippen LogP contribution in [0, 0.1) is 5.92 Å². The number of nitrogens with zero attached hydrogens (tertiary/aromatic N) is 8. The van der Waals surface area contributed by atoms with Crippen molar-refractivity contribution in [3.05, 3.63) is 114 Å². The van der Waals surface area contributed by atoms with Gasteiger partial charge in [-0.1, -0.05) is 42.5 Å². The summed E-state index contributed by atoms with van der Waals surface area (Å²) in [6, 6.07) is 24.2. The van der Waals surface area contributed by atoms with Gasteiger partial charge in [-0.3, -0.25) is 43.8 Å². The fourth-order valence-electron chi connectivity index (χ4n) is 10.1. The Morgan fingerprint density at radius 1 is 0.714 bits per heavy atom. The van der Waals surface area contributed by atoms with Crippen LogP contribution in [0.2, 0.25) is 0 Å². The number of hydrogen-bond donors (Lipinski definition) is 4. The summed E-state index contributed by atoms with van der Waals surface area (Å²) in [4.78, 5) is 110. The van der Waals surface area contributed by atoms with Gasteiger partial charge in [-0.2, -0.15) is 0 Å². The van der Waals surface area contributed by atoms with Crippen molar-refractivity contribution in [3.63, 3.8) is 0 Å². The van der Waals surface area contributed by atoms with Crippen molar-refractivity contribution in [1.29, 1.82) is 0 Å². The van der Waals surface area contributed by atoms with Crippen LogP contribution in [0.4, 0.5) is 22.9 Å². The molecule has 6 heterocycles. The summed E-state index contributed by atoms with van der Waals surface area (Å²) < 4.78 is 2.07. The van der Waals surface area contributed by atoms with Crippen molar-refractivity contribution in [2.24, 2.45) is 5.92 Å². The minimum atomic E-state index is -1.05. The number of benzene rings is 3. The number of imidazole rings is 1. The molecule has 4 fully saturated rings. The summed E-state index contributed by atoms with van der Waals surface area (Å²) in [6.07, 6.45) is 8.67. The van der Waals surface area contributed by atoms with Crippen LogP contribution in [0.25, 0.3) is 11.2 Å². The summed E-state index contributed by atoms with van der Waals surface area (Å²) in [7, 11) is 0. The van der Waals surface area contributed by atoms with E-state index < -0.39 is 29.7 Å². The van der Waals surface area contributed by atoms with E-state index in [0.29, 0.717) is 56.0 Å². The number of anilines is 4. The Kier molecular flexibility index (Phi) is 13.0. The van der Waals surface area contributed by atoms with Gasteiger partial charge >= 0.3 is 0 Å². The van der Waals surface area contributed by atoms with Crippen LogP contribution in [-0.4, -0.2) is 127 Å². The monoisotopic (exact) mass is 946 g/mol. The average molecular weight is 947 g/mol. The molecule has 2 aromatic heterocycles. The molecule has 0 bridgehead atoms. The summed E-state index contributed by atoms with van der Waals surface area (Å²) in [5.74, 6) is -1.45. The maximum absolute atomic E-state index is 13.5. The standard InChI is InChI=1S/C51H54N12O7/c64-42-14-13-41(50(69)58-42)63-46(68)29-40(51(63)70)55-36-8-4-7-34(23-36)26-45(67)60-17-15-33(16-18-60)25-44(66)61-21-19-59(20-22-61)38-11-9-35(10-12-38)57-48-47-49(53-30-52-48)62(31-54-47)39-27-37(28-39)56-43(65)24-32-5-2-1-3-6-32/h1-12,23,29-31,33,37,39,41,55H,13-22,24-28H2,(H,56,65)(H,52,53,57)(H,58,64,69). The first-order chi connectivity index (χ1) is 34.0. The van der Waals surface area contributed by atoms with E-state index in [0.717, 1.165) is 77.9 Å². The zero-order chi connectivity index (χ0) is 48.3. The smallest absolute Gasteiger partial charge is 0.278 e. The van der Waals surface area contributed by atoms with Gasteiger partial charge in [0.05, 0.1) is 19.2 Å². The zero-order valence-corrected chi connectivity index (χ0v) is 38.6. The summed E-state index contributed by atoms with van der Waals surface area (Å²) in [5.41, 5.74) is 5.61. The lowest BCUT2D eigenvalue weighted by Gasteiger charge is -2.37. The van der Waals surface area contributed by atoms with Gasteiger partial charge in [0.15, 0.2) is 17.0 Å². The van der Waals surface area contributed by atoms with Crippen LogP contribution in [0.15, 0.2) is 103 Å². The van der Waals surface area contributed by atoms with E-state index in [9.17, 15) is 33.6 Å². The lowest BCUT2D eigenvalue weighted by atomic mass is 9.86. The number of fused-ring (bicyclic) bond motifs is 1. The summed E-state index contributed by atoms with van der Waals surface area (Å²) in [5, 5.41) is 11.7. The van der Waals surface area contributed by atoms with Crippen molar-refractivity contribution < 1.29 is 33.6 Å². The van der Waals surface area contributed by atoms with Gasteiger partial charge in [-0.15, -0.1) is 0 Å². The van der Waals surface area contributed by atoms with E-state index in [1.165, 1.54) is 0 Å². The third kappa shape index (κ3) is 10.1. The maximum atomic E-state index is 13.5.